The number of benzene rings is 1. The second-order valence-corrected chi connectivity index (χ2v) is 8.64. The highest BCUT2D eigenvalue weighted by Crippen LogP contribution is 2.16. The first-order chi connectivity index (χ1) is 9.32. The average Bonchev–Trinajstić information content (AvgIpc) is 2.69. The molecule has 0 amide bonds. The third kappa shape index (κ3) is 3.56. The van der Waals surface area contributed by atoms with Crippen LogP contribution in [0.25, 0.3) is 0 Å². The molecule has 108 valence electrons. The molecule has 0 aromatic heterocycles. The van der Waals surface area contributed by atoms with Crippen LogP contribution in [0.1, 0.15) is 12.0 Å². The molecule has 1 unspecified atom stereocenters. The Morgan fingerprint density at radius 2 is 1.95 bits per heavy atom. The first-order valence-electron chi connectivity index (χ1n) is 6.01. The Hall–Kier alpha value is -1.43. The Kier molecular flexibility index (Phi) is 4.13. The van der Waals surface area contributed by atoms with Gasteiger partial charge in [0.2, 0.25) is 10.0 Å². The lowest BCUT2D eigenvalue weighted by Crippen LogP contribution is -2.35. The van der Waals surface area contributed by atoms with Gasteiger partial charge in [0, 0.05) is 6.04 Å². The summed E-state index contributed by atoms with van der Waals surface area (Å²) < 4.78 is 49.2. The van der Waals surface area contributed by atoms with Crippen LogP contribution in [0.4, 0.5) is 0 Å². The third-order valence-corrected chi connectivity index (χ3v) is 6.38. The van der Waals surface area contributed by atoms with Gasteiger partial charge in [-0.3, -0.25) is 0 Å². The SMILES string of the molecule is N#CCc1ccc(S(=O)(=O)NC2CCS(=O)(=O)C2)cc1. The molecule has 1 saturated heterocycles. The van der Waals surface area contributed by atoms with Crippen molar-refractivity contribution in [1.29, 1.82) is 5.26 Å². The zero-order valence-corrected chi connectivity index (χ0v) is 12.2. The molecule has 1 aromatic rings. The van der Waals surface area contributed by atoms with Crippen LogP contribution in [0.5, 0.6) is 0 Å². The molecule has 0 spiro atoms. The number of hydrogen-bond donors (Lipinski definition) is 1. The fraction of sp³-hybridized carbons (Fsp3) is 0.417. The molecule has 8 heteroatoms. The van der Waals surface area contributed by atoms with Crippen LogP contribution in [-0.2, 0) is 26.3 Å². The predicted molar refractivity (Wildman–Crippen MR) is 73.1 cm³/mol. The number of nitrogens with one attached hydrogen (secondary N) is 1. The van der Waals surface area contributed by atoms with Gasteiger partial charge in [0.05, 0.1) is 28.9 Å². The summed E-state index contributed by atoms with van der Waals surface area (Å²) in [5, 5.41) is 8.55. The maximum Gasteiger partial charge on any atom is 0.240 e. The second kappa shape index (κ2) is 5.52. The summed E-state index contributed by atoms with van der Waals surface area (Å²) in [6.45, 7) is 0. The molecule has 1 N–H and O–H groups in total. The second-order valence-electron chi connectivity index (χ2n) is 4.70. The number of sulfone groups is 1. The van der Waals surface area contributed by atoms with Crippen molar-refractivity contribution in [2.75, 3.05) is 11.5 Å². The molecule has 1 aromatic carbocycles. The largest absolute Gasteiger partial charge is 0.240 e. The van der Waals surface area contributed by atoms with Crippen LogP contribution >= 0.6 is 0 Å². The lowest BCUT2D eigenvalue weighted by Gasteiger charge is -2.11. The average molecular weight is 314 g/mol. The maximum atomic E-state index is 12.1. The summed E-state index contributed by atoms with van der Waals surface area (Å²) in [5.74, 6) is -0.139. The van der Waals surface area contributed by atoms with E-state index in [1.54, 1.807) is 12.1 Å². The van der Waals surface area contributed by atoms with Crippen molar-refractivity contribution in [2.24, 2.45) is 0 Å². The summed E-state index contributed by atoms with van der Waals surface area (Å²) >= 11 is 0. The molecule has 20 heavy (non-hydrogen) atoms. The highest BCUT2D eigenvalue weighted by molar-refractivity contribution is 7.92. The molecule has 0 bridgehead atoms. The van der Waals surface area contributed by atoms with Gasteiger partial charge in [0.25, 0.3) is 0 Å². The van der Waals surface area contributed by atoms with E-state index in [1.165, 1.54) is 12.1 Å². The maximum absolute atomic E-state index is 12.1. The van der Waals surface area contributed by atoms with Gasteiger partial charge in [0.1, 0.15) is 0 Å². The molecule has 1 aliphatic rings. The Balaban J connectivity index is 2.13. The van der Waals surface area contributed by atoms with E-state index in [9.17, 15) is 16.8 Å². The van der Waals surface area contributed by atoms with E-state index in [2.05, 4.69) is 4.72 Å². The van der Waals surface area contributed by atoms with Crippen molar-refractivity contribution in [3.8, 4) is 6.07 Å². The number of nitrogens with zero attached hydrogens (tertiary/aromatic N) is 1. The number of nitriles is 1. The molecule has 1 fully saturated rings. The van der Waals surface area contributed by atoms with Gasteiger partial charge in [-0.15, -0.1) is 0 Å². The van der Waals surface area contributed by atoms with Crippen molar-refractivity contribution in [3.05, 3.63) is 29.8 Å². The van der Waals surface area contributed by atoms with Crippen LogP contribution in [0, 0.1) is 11.3 Å². The summed E-state index contributed by atoms with van der Waals surface area (Å²) in [6, 6.07) is 7.39. The van der Waals surface area contributed by atoms with E-state index in [0.29, 0.717) is 6.42 Å². The predicted octanol–water partition coefficient (Wildman–Crippen LogP) is 0.218. The van der Waals surface area contributed by atoms with E-state index in [0.717, 1.165) is 5.56 Å². The monoisotopic (exact) mass is 314 g/mol. The van der Waals surface area contributed by atoms with E-state index in [1.807, 2.05) is 6.07 Å². The van der Waals surface area contributed by atoms with Gasteiger partial charge in [-0.1, -0.05) is 12.1 Å². The van der Waals surface area contributed by atoms with E-state index >= 15 is 0 Å². The number of sulfonamides is 1. The topological polar surface area (TPSA) is 104 Å². The van der Waals surface area contributed by atoms with E-state index in [4.69, 9.17) is 5.26 Å². The minimum Gasteiger partial charge on any atom is -0.229 e. The molecule has 0 saturated carbocycles. The van der Waals surface area contributed by atoms with Crippen LogP contribution in [0.3, 0.4) is 0 Å². The lowest BCUT2D eigenvalue weighted by atomic mass is 10.2. The van der Waals surface area contributed by atoms with Crippen LogP contribution in [0.15, 0.2) is 29.2 Å². The van der Waals surface area contributed by atoms with Crippen molar-refractivity contribution in [2.45, 2.75) is 23.8 Å². The van der Waals surface area contributed by atoms with Crippen LogP contribution < -0.4 is 4.72 Å². The normalized spacial score (nSPS) is 21.4. The van der Waals surface area contributed by atoms with Crippen LogP contribution in [0.2, 0.25) is 0 Å². The van der Waals surface area contributed by atoms with Crippen molar-refractivity contribution >= 4 is 19.9 Å². The zero-order chi connectivity index (χ0) is 14.8. The molecule has 0 radical (unpaired) electrons. The molecule has 6 nitrogen and oxygen atoms in total. The Bertz CT molecular complexity index is 731. The molecule has 1 atom stereocenters. The minimum atomic E-state index is -3.72. The zero-order valence-electron chi connectivity index (χ0n) is 10.6. The molecular formula is C12H14N2O4S2. The van der Waals surface area contributed by atoms with Crippen molar-refractivity contribution in [3.63, 3.8) is 0 Å². The van der Waals surface area contributed by atoms with Crippen molar-refractivity contribution < 1.29 is 16.8 Å². The first-order valence-corrected chi connectivity index (χ1v) is 9.31. The summed E-state index contributed by atoms with van der Waals surface area (Å²) in [7, 11) is -6.85. The molecule has 0 aliphatic carbocycles. The molecule has 1 heterocycles. The summed E-state index contributed by atoms with van der Waals surface area (Å²) in [6.07, 6.45) is 0.517. The van der Waals surface area contributed by atoms with E-state index < -0.39 is 25.9 Å². The standard InChI is InChI=1S/C12H14N2O4S2/c13-7-5-10-1-3-12(4-2-10)20(17,18)14-11-6-8-19(15,16)9-11/h1-4,11,14H,5-6,8-9H2. The Morgan fingerprint density at radius 3 is 2.45 bits per heavy atom. The van der Waals surface area contributed by atoms with Gasteiger partial charge in [-0.05, 0) is 24.1 Å². The van der Waals surface area contributed by atoms with Crippen LogP contribution in [-0.4, -0.2) is 34.4 Å². The van der Waals surface area contributed by atoms with Gasteiger partial charge >= 0.3 is 0 Å². The van der Waals surface area contributed by atoms with Gasteiger partial charge in [-0.2, -0.15) is 5.26 Å². The quantitative estimate of drug-likeness (QED) is 0.856. The first kappa shape index (κ1) is 15.0. The van der Waals surface area contributed by atoms with E-state index in [-0.39, 0.29) is 22.8 Å². The highest BCUT2D eigenvalue weighted by Gasteiger charge is 2.31. The summed E-state index contributed by atoms with van der Waals surface area (Å²) in [5.41, 5.74) is 0.731. The third-order valence-electron chi connectivity index (χ3n) is 3.07. The van der Waals surface area contributed by atoms with Gasteiger partial charge < -0.3 is 0 Å². The molecule has 2 rings (SSSR count). The highest BCUT2D eigenvalue weighted by atomic mass is 32.2. The van der Waals surface area contributed by atoms with Crippen molar-refractivity contribution in [1.82, 2.24) is 4.72 Å². The summed E-state index contributed by atoms with van der Waals surface area (Å²) in [4.78, 5) is 0.0727. The number of hydrogen-bond acceptors (Lipinski definition) is 5. The van der Waals surface area contributed by atoms with Gasteiger partial charge in [0.15, 0.2) is 9.84 Å². The molecular weight excluding hydrogens is 300 g/mol. The fourth-order valence-electron chi connectivity index (χ4n) is 2.05. The van der Waals surface area contributed by atoms with Gasteiger partial charge in [-0.25, -0.2) is 21.6 Å². The Morgan fingerprint density at radius 1 is 1.30 bits per heavy atom. The fourth-order valence-corrected chi connectivity index (χ4v) is 5.10. The number of rotatable bonds is 4. The smallest absolute Gasteiger partial charge is 0.229 e. The Labute approximate surface area is 118 Å². The lowest BCUT2D eigenvalue weighted by molar-refractivity contribution is 0.562. The molecule has 1 aliphatic heterocycles. The minimum absolute atomic E-state index is 0.0152.